The van der Waals surface area contributed by atoms with Crippen LogP contribution in [0.15, 0.2) is 24.3 Å². The van der Waals surface area contributed by atoms with Crippen molar-refractivity contribution in [1.82, 2.24) is 4.90 Å². The van der Waals surface area contributed by atoms with Gasteiger partial charge in [0.1, 0.15) is 0 Å². The Morgan fingerprint density at radius 1 is 1.07 bits per heavy atom. The Bertz CT molecular complexity index is 568. The van der Waals surface area contributed by atoms with Crippen molar-refractivity contribution < 1.29 is 19.1 Å². The van der Waals surface area contributed by atoms with Gasteiger partial charge in [0, 0.05) is 26.1 Å². The summed E-state index contributed by atoms with van der Waals surface area (Å²) in [6.45, 7) is 9.44. The molecule has 1 aromatic rings. The van der Waals surface area contributed by atoms with Crippen LogP contribution in [-0.4, -0.2) is 49.7 Å². The topological polar surface area (TPSA) is 55.8 Å². The number of carbonyl (C=O) groups is 2. The molecule has 1 unspecified atom stereocenters. The standard InChI is InChI=1S/C22H35NO4/c1-17(2)27-15-7-14-23(16-19(4)22(25)26-5)21(24)9-6-8-20-12-10-18(3)11-13-20/h10-13,17,19H,6-9,14-16H2,1-5H3. The van der Waals surface area contributed by atoms with Crippen LogP contribution in [0.3, 0.4) is 0 Å². The molecule has 1 amide bonds. The fourth-order valence-electron chi connectivity index (χ4n) is 2.86. The molecule has 0 aliphatic heterocycles. The molecular formula is C22H35NO4. The predicted molar refractivity (Wildman–Crippen MR) is 108 cm³/mol. The van der Waals surface area contributed by atoms with Crippen LogP contribution >= 0.6 is 0 Å². The summed E-state index contributed by atoms with van der Waals surface area (Å²) < 4.78 is 10.4. The normalized spacial score (nSPS) is 12.1. The molecule has 0 aromatic heterocycles. The second-order valence-corrected chi connectivity index (χ2v) is 7.38. The molecule has 0 saturated heterocycles. The van der Waals surface area contributed by atoms with Gasteiger partial charge in [-0.2, -0.15) is 0 Å². The summed E-state index contributed by atoms with van der Waals surface area (Å²) in [4.78, 5) is 26.2. The molecule has 0 fully saturated rings. The number of hydrogen-bond acceptors (Lipinski definition) is 4. The van der Waals surface area contributed by atoms with E-state index in [0.717, 1.165) is 19.3 Å². The molecule has 0 heterocycles. The van der Waals surface area contributed by atoms with Gasteiger partial charge in [0.05, 0.1) is 19.1 Å². The minimum absolute atomic E-state index is 0.0856. The first kappa shape index (κ1) is 23.2. The van der Waals surface area contributed by atoms with Gasteiger partial charge in [0.25, 0.3) is 0 Å². The van der Waals surface area contributed by atoms with Crippen molar-refractivity contribution in [1.29, 1.82) is 0 Å². The third-order valence-electron chi connectivity index (χ3n) is 4.45. The summed E-state index contributed by atoms with van der Waals surface area (Å²) in [5, 5.41) is 0. The maximum atomic E-state index is 12.7. The van der Waals surface area contributed by atoms with E-state index in [-0.39, 0.29) is 23.9 Å². The first-order valence-electron chi connectivity index (χ1n) is 9.86. The number of esters is 1. The van der Waals surface area contributed by atoms with E-state index in [2.05, 4.69) is 31.2 Å². The van der Waals surface area contributed by atoms with Gasteiger partial charge in [0.15, 0.2) is 0 Å². The molecule has 0 bridgehead atoms. The quantitative estimate of drug-likeness (QED) is 0.411. The minimum atomic E-state index is -0.331. The van der Waals surface area contributed by atoms with Crippen molar-refractivity contribution in [2.75, 3.05) is 26.8 Å². The highest BCUT2D eigenvalue weighted by molar-refractivity contribution is 5.78. The van der Waals surface area contributed by atoms with E-state index in [1.54, 1.807) is 11.8 Å². The van der Waals surface area contributed by atoms with Crippen molar-refractivity contribution in [3.8, 4) is 0 Å². The van der Waals surface area contributed by atoms with Gasteiger partial charge in [-0.25, -0.2) is 0 Å². The van der Waals surface area contributed by atoms with Crippen molar-refractivity contribution in [3.63, 3.8) is 0 Å². The maximum Gasteiger partial charge on any atom is 0.310 e. The van der Waals surface area contributed by atoms with Crippen LogP contribution in [0.4, 0.5) is 0 Å². The Hall–Kier alpha value is -1.88. The zero-order valence-electron chi connectivity index (χ0n) is 17.5. The van der Waals surface area contributed by atoms with Gasteiger partial charge in [-0.1, -0.05) is 36.8 Å². The van der Waals surface area contributed by atoms with Gasteiger partial charge in [0.2, 0.25) is 5.91 Å². The molecule has 5 nitrogen and oxygen atoms in total. The molecule has 0 N–H and O–H groups in total. The first-order chi connectivity index (χ1) is 12.8. The zero-order chi connectivity index (χ0) is 20.2. The first-order valence-corrected chi connectivity index (χ1v) is 9.86. The van der Waals surface area contributed by atoms with Crippen LogP contribution in [0, 0.1) is 12.8 Å². The number of nitrogens with zero attached hydrogens (tertiary/aromatic N) is 1. The lowest BCUT2D eigenvalue weighted by Crippen LogP contribution is -2.38. The zero-order valence-corrected chi connectivity index (χ0v) is 17.5. The highest BCUT2D eigenvalue weighted by atomic mass is 16.5. The number of methoxy groups -OCH3 is 1. The molecule has 27 heavy (non-hydrogen) atoms. The van der Waals surface area contributed by atoms with Gasteiger partial charge < -0.3 is 14.4 Å². The van der Waals surface area contributed by atoms with E-state index < -0.39 is 0 Å². The van der Waals surface area contributed by atoms with Crippen molar-refractivity contribution in [3.05, 3.63) is 35.4 Å². The van der Waals surface area contributed by atoms with Gasteiger partial charge in [-0.15, -0.1) is 0 Å². The third kappa shape index (κ3) is 9.57. The Balaban J connectivity index is 2.53. The lowest BCUT2D eigenvalue weighted by molar-refractivity contribution is -0.146. The number of rotatable bonds is 12. The van der Waals surface area contributed by atoms with Crippen LogP contribution in [0.1, 0.15) is 51.2 Å². The van der Waals surface area contributed by atoms with Crippen LogP contribution in [0.25, 0.3) is 0 Å². The molecular weight excluding hydrogens is 342 g/mol. The molecule has 1 aromatic carbocycles. The maximum absolute atomic E-state index is 12.7. The monoisotopic (exact) mass is 377 g/mol. The van der Waals surface area contributed by atoms with E-state index >= 15 is 0 Å². The Morgan fingerprint density at radius 3 is 2.33 bits per heavy atom. The summed E-state index contributed by atoms with van der Waals surface area (Å²) in [5.74, 6) is -0.532. The van der Waals surface area contributed by atoms with Crippen LogP contribution in [0.2, 0.25) is 0 Å². The second kappa shape index (κ2) is 12.5. The van der Waals surface area contributed by atoms with E-state index in [1.807, 2.05) is 13.8 Å². The number of hydrogen-bond donors (Lipinski definition) is 0. The van der Waals surface area contributed by atoms with E-state index in [9.17, 15) is 9.59 Å². The van der Waals surface area contributed by atoms with Crippen LogP contribution in [-0.2, 0) is 25.5 Å². The highest BCUT2D eigenvalue weighted by Gasteiger charge is 2.21. The van der Waals surface area contributed by atoms with Gasteiger partial charge in [-0.3, -0.25) is 9.59 Å². The molecule has 0 aliphatic carbocycles. The minimum Gasteiger partial charge on any atom is -0.469 e. The SMILES string of the molecule is COC(=O)C(C)CN(CCCOC(C)C)C(=O)CCCc1ccc(C)cc1. The van der Waals surface area contributed by atoms with Crippen LogP contribution < -0.4 is 0 Å². The summed E-state index contributed by atoms with van der Waals surface area (Å²) in [7, 11) is 1.38. The molecule has 0 radical (unpaired) electrons. The molecule has 152 valence electrons. The van der Waals surface area contributed by atoms with E-state index in [4.69, 9.17) is 9.47 Å². The number of ether oxygens (including phenoxy) is 2. The average molecular weight is 378 g/mol. The molecule has 1 atom stereocenters. The smallest absolute Gasteiger partial charge is 0.310 e. The number of benzene rings is 1. The van der Waals surface area contributed by atoms with E-state index in [0.29, 0.717) is 26.1 Å². The molecule has 5 heteroatoms. The van der Waals surface area contributed by atoms with Crippen molar-refractivity contribution in [2.24, 2.45) is 5.92 Å². The molecule has 0 spiro atoms. The summed E-state index contributed by atoms with van der Waals surface area (Å²) in [6, 6.07) is 8.41. The Morgan fingerprint density at radius 2 is 1.74 bits per heavy atom. The van der Waals surface area contributed by atoms with Crippen molar-refractivity contribution in [2.45, 2.75) is 59.5 Å². The summed E-state index contributed by atoms with van der Waals surface area (Å²) in [5.41, 5.74) is 2.48. The number of amides is 1. The third-order valence-corrected chi connectivity index (χ3v) is 4.45. The fourth-order valence-corrected chi connectivity index (χ4v) is 2.86. The van der Waals surface area contributed by atoms with Gasteiger partial charge >= 0.3 is 5.97 Å². The fraction of sp³-hybridized carbons (Fsp3) is 0.636. The molecule has 0 saturated carbocycles. The van der Waals surface area contributed by atoms with Crippen molar-refractivity contribution >= 4 is 11.9 Å². The highest BCUT2D eigenvalue weighted by Crippen LogP contribution is 2.11. The largest absolute Gasteiger partial charge is 0.469 e. The van der Waals surface area contributed by atoms with Gasteiger partial charge in [-0.05, 0) is 45.6 Å². The Labute approximate surface area is 164 Å². The average Bonchev–Trinajstić information content (AvgIpc) is 2.64. The molecule has 0 aliphatic rings. The second-order valence-electron chi connectivity index (χ2n) is 7.38. The predicted octanol–water partition coefficient (Wildman–Crippen LogP) is 3.77. The number of aryl methyl sites for hydroxylation is 2. The number of carbonyl (C=O) groups excluding carboxylic acids is 2. The van der Waals surface area contributed by atoms with Crippen LogP contribution in [0.5, 0.6) is 0 Å². The summed E-state index contributed by atoms with van der Waals surface area (Å²) >= 11 is 0. The molecule has 1 rings (SSSR count). The van der Waals surface area contributed by atoms with E-state index in [1.165, 1.54) is 18.2 Å². The lowest BCUT2D eigenvalue weighted by atomic mass is 10.1. The lowest BCUT2D eigenvalue weighted by Gasteiger charge is -2.25. The Kier molecular flexibility index (Phi) is 10.7. The summed E-state index contributed by atoms with van der Waals surface area (Å²) in [6.07, 6.45) is 3.09.